The molecule has 1 aromatic carbocycles. The highest BCUT2D eigenvalue weighted by Crippen LogP contribution is 2.20. The number of fused-ring (bicyclic) bond motifs is 2. The summed E-state index contributed by atoms with van der Waals surface area (Å²) in [6, 6.07) is 12.2. The van der Waals surface area contributed by atoms with Crippen LogP contribution < -0.4 is 5.32 Å². The van der Waals surface area contributed by atoms with Crippen LogP contribution in [0.1, 0.15) is 5.56 Å². The molecule has 8 nitrogen and oxygen atoms in total. The normalized spacial score (nSPS) is 12.3. The number of carboxylic acids is 1. The fraction of sp³-hybridized carbons (Fsp3) is 0.158. The van der Waals surface area contributed by atoms with Crippen LogP contribution in [0.25, 0.3) is 16.6 Å². The second-order valence-corrected chi connectivity index (χ2v) is 7.16. The number of H-pyrrole nitrogens is 1. The van der Waals surface area contributed by atoms with E-state index in [9.17, 15) is 14.7 Å². The molecule has 0 radical (unpaired) electrons. The summed E-state index contributed by atoms with van der Waals surface area (Å²) in [6.07, 6.45) is 3.79. The molecular weight excluding hydrogens is 378 g/mol. The van der Waals surface area contributed by atoms with Gasteiger partial charge in [0.05, 0.1) is 5.75 Å². The second kappa shape index (κ2) is 7.73. The summed E-state index contributed by atoms with van der Waals surface area (Å²) in [6.45, 7) is 0. The summed E-state index contributed by atoms with van der Waals surface area (Å²) >= 11 is 1.21. The minimum atomic E-state index is -1.07. The highest BCUT2D eigenvalue weighted by Gasteiger charge is 2.22. The Bertz CT molecular complexity index is 1150. The fourth-order valence-corrected chi connectivity index (χ4v) is 3.74. The van der Waals surface area contributed by atoms with E-state index < -0.39 is 12.0 Å². The maximum atomic E-state index is 12.3. The largest absolute Gasteiger partial charge is 0.480 e. The molecule has 4 aromatic rings. The number of benzene rings is 1. The van der Waals surface area contributed by atoms with Gasteiger partial charge < -0.3 is 15.4 Å². The van der Waals surface area contributed by atoms with Gasteiger partial charge in [-0.1, -0.05) is 36.0 Å². The lowest BCUT2D eigenvalue weighted by Crippen LogP contribution is -2.43. The van der Waals surface area contributed by atoms with Gasteiger partial charge in [-0.3, -0.25) is 9.20 Å². The molecule has 3 N–H and O–H groups in total. The zero-order valence-corrected chi connectivity index (χ0v) is 15.5. The first-order valence-electron chi connectivity index (χ1n) is 8.61. The number of carbonyl (C=O) groups excluding carboxylic acids is 1. The topological polar surface area (TPSA) is 112 Å². The molecule has 0 aliphatic heterocycles. The van der Waals surface area contributed by atoms with Crippen molar-refractivity contribution in [3.05, 3.63) is 60.4 Å². The van der Waals surface area contributed by atoms with Crippen molar-refractivity contribution >= 4 is 40.2 Å². The Labute approximate surface area is 164 Å². The standard InChI is InChI=1S/C19H17N5O3S/c25-17(11-28-19-23-22-16-7-3-4-8-24(16)19)21-15(18(26)27)9-12-10-20-14-6-2-1-5-13(12)14/h1-8,10,15,20H,9,11H2,(H,21,25)(H,26,27)/t15-/m1/s1. The summed E-state index contributed by atoms with van der Waals surface area (Å²) in [5.74, 6) is -1.39. The Morgan fingerprint density at radius 2 is 2.00 bits per heavy atom. The van der Waals surface area contributed by atoms with Gasteiger partial charge in [-0.2, -0.15) is 0 Å². The van der Waals surface area contributed by atoms with Gasteiger partial charge in [-0.15, -0.1) is 10.2 Å². The van der Waals surface area contributed by atoms with E-state index in [-0.39, 0.29) is 18.1 Å². The number of nitrogens with zero attached hydrogens (tertiary/aromatic N) is 3. The molecule has 0 spiro atoms. The number of thioether (sulfide) groups is 1. The lowest BCUT2D eigenvalue weighted by atomic mass is 10.1. The monoisotopic (exact) mass is 395 g/mol. The smallest absolute Gasteiger partial charge is 0.326 e. The van der Waals surface area contributed by atoms with E-state index in [4.69, 9.17) is 0 Å². The van der Waals surface area contributed by atoms with Crippen molar-refractivity contribution in [2.45, 2.75) is 17.6 Å². The van der Waals surface area contributed by atoms with Crippen molar-refractivity contribution in [1.29, 1.82) is 0 Å². The molecule has 28 heavy (non-hydrogen) atoms. The lowest BCUT2D eigenvalue weighted by molar-refractivity contribution is -0.141. The van der Waals surface area contributed by atoms with Crippen molar-refractivity contribution in [2.24, 2.45) is 0 Å². The number of aromatic amines is 1. The predicted octanol–water partition coefficient (Wildman–Crippen LogP) is 2.11. The number of hydrogen-bond donors (Lipinski definition) is 3. The SMILES string of the molecule is O=C(CSc1nnc2ccccn12)N[C@H](Cc1c[nH]c2ccccc12)C(=O)O. The Balaban J connectivity index is 1.41. The molecule has 1 amide bonds. The van der Waals surface area contributed by atoms with Gasteiger partial charge in [0.25, 0.3) is 0 Å². The summed E-state index contributed by atoms with van der Waals surface area (Å²) < 4.78 is 1.78. The van der Waals surface area contributed by atoms with Crippen molar-refractivity contribution in [3.63, 3.8) is 0 Å². The van der Waals surface area contributed by atoms with Gasteiger partial charge in [0, 0.05) is 29.7 Å². The highest BCUT2D eigenvalue weighted by molar-refractivity contribution is 7.99. The second-order valence-electron chi connectivity index (χ2n) is 6.22. The molecule has 1 atom stereocenters. The van der Waals surface area contributed by atoms with Crippen LogP contribution in [0.15, 0.2) is 60.0 Å². The third-order valence-electron chi connectivity index (χ3n) is 4.35. The van der Waals surface area contributed by atoms with Crippen LogP contribution in [-0.4, -0.2) is 48.4 Å². The van der Waals surface area contributed by atoms with Crippen LogP contribution in [0.2, 0.25) is 0 Å². The minimum absolute atomic E-state index is 0.0490. The van der Waals surface area contributed by atoms with Crippen LogP contribution in [0, 0.1) is 0 Å². The molecule has 3 heterocycles. The third kappa shape index (κ3) is 3.70. The first-order valence-corrected chi connectivity index (χ1v) is 9.60. The number of hydrogen-bond acceptors (Lipinski definition) is 5. The van der Waals surface area contributed by atoms with Crippen LogP contribution in [0.3, 0.4) is 0 Å². The average Bonchev–Trinajstić information content (AvgIpc) is 3.30. The zero-order chi connectivity index (χ0) is 19.5. The first kappa shape index (κ1) is 18.1. The molecule has 9 heteroatoms. The maximum absolute atomic E-state index is 12.3. The van der Waals surface area contributed by atoms with E-state index in [1.807, 2.05) is 48.7 Å². The van der Waals surface area contributed by atoms with Gasteiger partial charge in [0.2, 0.25) is 5.91 Å². The summed E-state index contributed by atoms with van der Waals surface area (Å²) in [4.78, 5) is 27.1. The maximum Gasteiger partial charge on any atom is 0.326 e. The Morgan fingerprint density at radius 1 is 1.18 bits per heavy atom. The van der Waals surface area contributed by atoms with Gasteiger partial charge in [0.15, 0.2) is 10.8 Å². The molecule has 3 aromatic heterocycles. The van der Waals surface area contributed by atoms with Crippen LogP contribution in [0.5, 0.6) is 0 Å². The number of nitrogens with one attached hydrogen (secondary N) is 2. The summed E-state index contributed by atoms with van der Waals surface area (Å²) in [5, 5.41) is 21.7. The van der Waals surface area contributed by atoms with Gasteiger partial charge in [0.1, 0.15) is 6.04 Å². The van der Waals surface area contributed by atoms with Crippen LogP contribution >= 0.6 is 11.8 Å². The average molecular weight is 395 g/mol. The van der Waals surface area contributed by atoms with Crippen molar-refractivity contribution < 1.29 is 14.7 Å². The zero-order valence-electron chi connectivity index (χ0n) is 14.7. The number of aromatic nitrogens is 4. The quantitative estimate of drug-likeness (QED) is 0.413. The molecule has 4 rings (SSSR count). The first-order chi connectivity index (χ1) is 13.6. The predicted molar refractivity (Wildman–Crippen MR) is 105 cm³/mol. The van der Waals surface area contributed by atoms with Crippen LogP contribution in [0.4, 0.5) is 0 Å². The van der Waals surface area contributed by atoms with E-state index in [2.05, 4.69) is 20.5 Å². The summed E-state index contributed by atoms with van der Waals surface area (Å²) in [7, 11) is 0. The minimum Gasteiger partial charge on any atom is -0.480 e. The van der Waals surface area contributed by atoms with E-state index in [1.54, 1.807) is 10.6 Å². The highest BCUT2D eigenvalue weighted by atomic mass is 32.2. The number of amides is 1. The number of rotatable bonds is 7. The number of pyridine rings is 1. The molecule has 0 unspecified atom stereocenters. The van der Waals surface area contributed by atoms with E-state index in [0.29, 0.717) is 10.8 Å². The number of aliphatic carboxylic acids is 1. The number of para-hydroxylation sites is 1. The summed E-state index contributed by atoms with van der Waals surface area (Å²) in [5.41, 5.74) is 2.47. The number of carbonyl (C=O) groups is 2. The van der Waals surface area contributed by atoms with Crippen molar-refractivity contribution in [3.8, 4) is 0 Å². The molecule has 0 saturated heterocycles. The fourth-order valence-electron chi connectivity index (χ4n) is 3.00. The van der Waals surface area contributed by atoms with Crippen molar-refractivity contribution in [2.75, 3.05) is 5.75 Å². The van der Waals surface area contributed by atoms with Gasteiger partial charge in [-0.25, -0.2) is 4.79 Å². The molecule has 0 fully saturated rings. The van der Waals surface area contributed by atoms with Crippen molar-refractivity contribution in [1.82, 2.24) is 24.9 Å². The van der Waals surface area contributed by atoms with E-state index >= 15 is 0 Å². The van der Waals surface area contributed by atoms with Gasteiger partial charge in [-0.05, 0) is 23.8 Å². The van der Waals surface area contributed by atoms with Crippen LogP contribution in [-0.2, 0) is 16.0 Å². The molecule has 0 aliphatic rings. The molecular formula is C19H17N5O3S. The molecule has 0 saturated carbocycles. The Hall–Kier alpha value is -3.33. The van der Waals surface area contributed by atoms with E-state index in [1.165, 1.54) is 11.8 Å². The lowest BCUT2D eigenvalue weighted by Gasteiger charge is -2.14. The molecule has 0 bridgehead atoms. The Kier molecular flexibility index (Phi) is 4.98. The van der Waals surface area contributed by atoms with E-state index in [0.717, 1.165) is 16.5 Å². The Morgan fingerprint density at radius 3 is 2.86 bits per heavy atom. The molecule has 142 valence electrons. The van der Waals surface area contributed by atoms with Gasteiger partial charge >= 0.3 is 5.97 Å². The number of carboxylic acid groups (broad SMARTS) is 1. The third-order valence-corrected chi connectivity index (χ3v) is 5.29. The molecule has 0 aliphatic carbocycles.